The van der Waals surface area contributed by atoms with Crippen LogP contribution in [0.3, 0.4) is 0 Å². The van der Waals surface area contributed by atoms with Crippen molar-refractivity contribution in [3.05, 3.63) is 59.6 Å². The minimum Gasteiger partial charge on any atom is -0.493 e. The number of anilines is 1. The van der Waals surface area contributed by atoms with Crippen LogP contribution in [0.25, 0.3) is 11.1 Å². The Kier molecular flexibility index (Phi) is 8.10. The molecule has 0 amide bonds. The minimum atomic E-state index is -5.25. The first kappa shape index (κ1) is 28.7. The molecular formula is C26H26ClF3N2O6S. The average molecular weight is 587 g/mol. The molecule has 1 aliphatic rings. The van der Waals surface area contributed by atoms with Gasteiger partial charge in [-0.15, -0.1) is 13.2 Å². The number of halogens is 4. The maximum absolute atomic E-state index is 13.8. The van der Waals surface area contributed by atoms with Crippen LogP contribution in [-0.4, -0.2) is 47.7 Å². The van der Waals surface area contributed by atoms with Crippen molar-refractivity contribution >= 4 is 27.3 Å². The van der Waals surface area contributed by atoms with E-state index in [9.17, 15) is 21.6 Å². The summed E-state index contributed by atoms with van der Waals surface area (Å²) in [5.41, 5.74) is -0.364. The van der Waals surface area contributed by atoms with Crippen LogP contribution in [-0.2, 0) is 10.0 Å². The molecule has 210 valence electrons. The Morgan fingerprint density at radius 2 is 1.72 bits per heavy atom. The maximum Gasteiger partial charge on any atom is 0.573 e. The van der Waals surface area contributed by atoms with E-state index in [0.29, 0.717) is 18.5 Å². The van der Waals surface area contributed by atoms with Gasteiger partial charge in [0.1, 0.15) is 16.2 Å². The Morgan fingerprint density at radius 1 is 1.00 bits per heavy atom. The second-order valence-electron chi connectivity index (χ2n) is 8.96. The van der Waals surface area contributed by atoms with Crippen LogP contribution in [0.5, 0.6) is 23.0 Å². The third-order valence-corrected chi connectivity index (χ3v) is 7.78. The molecule has 13 heteroatoms. The smallest absolute Gasteiger partial charge is 0.493 e. The number of hydrogen-bond acceptors (Lipinski definition) is 7. The lowest BCUT2D eigenvalue weighted by Gasteiger charge is -2.26. The molecule has 3 aromatic carbocycles. The second kappa shape index (κ2) is 11.0. The maximum atomic E-state index is 13.8. The van der Waals surface area contributed by atoms with Crippen molar-refractivity contribution in [1.29, 1.82) is 0 Å². The van der Waals surface area contributed by atoms with Crippen LogP contribution in [0.2, 0.25) is 5.02 Å². The van der Waals surface area contributed by atoms with Gasteiger partial charge in [-0.1, -0.05) is 41.9 Å². The molecule has 1 atom stereocenters. The summed E-state index contributed by atoms with van der Waals surface area (Å²) in [6.45, 7) is 3.18. The molecule has 1 fully saturated rings. The number of alkyl halides is 3. The third kappa shape index (κ3) is 6.45. The van der Waals surface area contributed by atoms with Crippen LogP contribution >= 0.6 is 11.6 Å². The highest BCUT2D eigenvalue weighted by atomic mass is 35.5. The van der Waals surface area contributed by atoms with Gasteiger partial charge in [-0.05, 0) is 37.2 Å². The normalized spacial score (nSPS) is 17.5. The lowest BCUT2D eigenvalue weighted by Crippen LogP contribution is -2.34. The van der Waals surface area contributed by atoms with Gasteiger partial charge in [0.15, 0.2) is 11.5 Å². The van der Waals surface area contributed by atoms with Crippen molar-refractivity contribution in [2.45, 2.75) is 30.2 Å². The largest absolute Gasteiger partial charge is 0.573 e. The van der Waals surface area contributed by atoms with Gasteiger partial charge in [0.2, 0.25) is 5.75 Å². The zero-order chi connectivity index (χ0) is 28.4. The zero-order valence-corrected chi connectivity index (χ0v) is 22.8. The number of benzene rings is 3. The summed E-state index contributed by atoms with van der Waals surface area (Å²) in [4.78, 5) is -0.798. The van der Waals surface area contributed by atoms with Gasteiger partial charge >= 0.3 is 6.36 Å². The van der Waals surface area contributed by atoms with Crippen LogP contribution in [0.1, 0.15) is 13.3 Å². The van der Waals surface area contributed by atoms with Crippen LogP contribution < -0.4 is 29.0 Å². The first-order chi connectivity index (χ1) is 18.4. The van der Waals surface area contributed by atoms with Crippen molar-refractivity contribution in [3.8, 4) is 34.1 Å². The molecule has 0 aromatic heterocycles. The van der Waals surface area contributed by atoms with E-state index in [-0.39, 0.29) is 27.8 Å². The summed E-state index contributed by atoms with van der Waals surface area (Å²) in [5, 5.41) is 3.43. The van der Waals surface area contributed by atoms with Gasteiger partial charge < -0.3 is 24.3 Å². The molecule has 0 aliphatic carbocycles. The topological polar surface area (TPSA) is 95.1 Å². The van der Waals surface area contributed by atoms with Gasteiger partial charge in [0, 0.05) is 24.6 Å². The lowest BCUT2D eigenvalue weighted by atomic mass is 10.0. The minimum absolute atomic E-state index is 0.00992. The van der Waals surface area contributed by atoms with Gasteiger partial charge in [-0.3, -0.25) is 4.72 Å². The van der Waals surface area contributed by atoms with Crippen molar-refractivity contribution in [2.75, 3.05) is 32.0 Å². The van der Waals surface area contributed by atoms with E-state index in [4.69, 9.17) is 25.8 Å². The van der Waals surface area contributed by atoms with Crippen molar-refractivity contribution < 1.29 is 40.5 Å². The van der Waals surface area contributed by atoms with Crippen LogP contribution in [0, 0.1) is 0 Å². The van der Waals surface area contributed by atoms with E-state index >= 15 is 0 Å². The highest BCUT2D eigenvalue weighted by Gasteiger charge is 2.39. The Morgan fingerprint density at radius 3 is 2.31 bits per heavy atom. The Labute approximate surface area is 229 Å². The number of methoxy groups -OCH3 is 2. The molecule has 0 unspecified atom stereocenters. The van der Waals surface area contributed by atoms with Gasteiger partial charge in [0.05, 0.1) is 24.9 Å². The summed E-state index contributed by atoms with van der Waals surface area (Å²) in [6.07, 6.45) is -4.55. The molecule has 0 radical (unpaired) electrons. The van der Waals surface area contributed by atoms with E-state index in [1.54, 1.807) is 30.3 Å². The van der Waals surface area contributed by atoms with E-state index < -0.39 is 38.4 Å². The van der Waals surface area contributed by atoms with E-state index in [1.165, 1.54) is 31.4 Å². The summed E-state index contributed by atoms with van der Waals surface area (Å²) in [6, 6.07) is 13.4. The number of hydrogen-bond donors (Lipinski definition) is 2. The monoisotopic (exact) mass is 586 g/mol. The summed E-state index contributed by atoms with van der Waals surface area (Å²) >= 11 is 6.30. The molecular weight excluding hydrogens is 561 g/mol. The molecule has 1 heterocycles. The highest BCUT2D eigenvalue weighted by molar-refractivity contribution is 7.93. The first-order valence-corrected chi connectivity index (χ1v) is 13.5. The molecule has 2 N–H and O–H groups in total. The number of sulfonamides is 1. The van der Waals surface area contributed by atoms with Crippen LogP contribution in [0.4, 0.5) is 18.9 Å². The molecule has 39 heavy (non-hydrogen) atoms. The summed E-state index contributed by atoms with van der Waals surface area (Å²) < 4.78 is 91.4. The lowest BCUT2D eigenvalue weighted by molar-refractivity contribution is -0.276. The van der Waals surface area contributed by atoms with E-state index in [2.05, 4.69) is 14.8 Å². The molecule has 4 rings (SSSR count). The second-order valence-corrected chi connectivity index (χ2v) is 11.0. The molecule has 8 nitrogen and oxygen atoms in total. The molecule has 0 saturated carbocycles. The quantitative estimate of drug-likeness (QED) is 0.325. The van der Waals surface area contributed by atoms with Crippen molar-refractivity contribution in [1.82, 2.24) is 5.32 Å². The third-order valence-electron chi connectivity index (χ3n) is 6.02. The fourth-order valence-electron chi connectivity index (χ4n) is 4.25. The van der Waals surface area contributed by atoms with Crippen molar-refractivity contribution in [2.24, 2.45) is 0 Å². The standard InChI is InChI=1S/C26H26ClF3N2O6S/c1-25(11-12-31-15-25)37-20-13-17(9-10-19(20)27)32-39(33,34)24-18(16-7-5-4-6-8-16)14-21(35-2)22(36-3)23(24)38-26(28,29)30/h4-10,13-14,31-32H,11-12,15H2,1-3H3/t25-/m1/s1. The molecule has 0 bridgehead atoms. The predicted molar refractivity (Wildman–Crippen MR) is 140 cm³/mol. The van der Waals surface area contributed by atoms with Crippen LogP contribution in [0.15, 0.2) is 59.5 Å². The van der Waals surface area contributed by atoms with Gasteiger partial charge in [0.25, 0.3) is 10.0 Å². The van der Waals surface area contributed by atoms with Crippen molar-refractivity contribution in [3.63, 3.8) is 0 Å². The van der Waals surface area contributed by atoms with Gasteiger partial charge in [-0.25, -0.2) is 8.42 Å². The van der Waals surface area contributed by atoms with E-state index in [1.807, 2.05) is 6.92 Å². The SMILES string of the molecule is COc1cc(-c2ccccc2)c(S(=O)(=O)Nc2ccc(Cl)c(O[C@]3(C)CCNC3)c2)c(OC(F)(F)F)c1OC. The Hall–Kier alpha value is -3.35. The molecule has 1 aliphatic heterocycles. The first-order valence-electron chi connectivity index (χ1n) is 11.7. The molecule has 1 saturated heterocycles. The fourth-order valence-corrected chi connectivity index (χ4v) is 5.79. The molecule has 3 aromatic rings. The fraction of sp³-hybridized carbons (Fsp3) is 0.308. The summed E-state index contributed by atoms with van der Waals surface area (Å²) in [7, 11) is -2.45. The Balaban J connectivity index is 1.87. The number of rotatable bonds is 9. The highest BCUT2D eigenvalue weighted by Crippen LogP contribution is 2.49. The van der Waals surface area contributed by atoms with E-state index in [0.717, 1.165) is 13.7 Å². The number of nitrogens with one attached hydrogen (secondary N) is 2. The number of ether oxygens (including phenoxy) is 4. The summed E-state index contributed by atoms with van der Waals surface area (Å²) in [5.74, 6) is -1.57. The average Bonchev–Trinajstić information content (AvgIpc) is 3.30. The Bertz CT molecular complexity index is 1450. The zero-order valence-electron chi connectivity index (χ0n) is 21.2. The van der Waals surface area contributed by atoms with Gasteiger partial charge in [-0.2, -0.15) is 0 Å². The predicted octanol–water partition coefficient (Wildman–Crippen LogP) is 5.85. The molecule has 0 spiro atoms.